The average Bonchev–Trinajstić information content (AvgIpc) is 2.80. The number of rotatable bonds is 2. The van der Waals surface area contributed by atoms with E-state index in [4.69, 9.17) is 0 Å². The first-order valence-electron chi connectivity index (χ1n) is 7.98. The summed E-state index contributed by atoms with van der Waals surface area (Å²) in [6.45, 7) is 11.3. The van der Waals surface area contributed by atoms with Gasteiger partial charge in [0.25, 0.3) is 0 Å². The molecule has 0 spiro atoms. The van der Waals surface area contributed by atoms with Crippen LogP contribution in [0.25, 0.3) is 0 Å². The fourth-order valence-electron chi connectivity index (χ4n) is 4.06. The number of anilines is 1. The van der Waals surface area contributed by atoms with Crippen LogP contribution in [0, 0.1) is 5.41 Å². The summed E-state index contributed by atoms with van der Waals surface area (Å²) in [6, 6.07) is 11.0. The Morgan fingerprint density at radius 2 is 1.95 bits per heavy atom. The van der Waals surface area contributed by atoms with E-state index in [0.717, 1.165) is 12.1 Å². The van der Waals surface area contributed by atoms with E-state index in [1.54, 1.807) is 11.1 Å². The molecule has 0 bridgehead atoms. The molecule has 1 fully saturated rings. The van der Waals surface area contributed by atoms with E-state index in [9.17, 15) is 0 Å². The van der Waals surface area contributed by atoms with Gasteiger partial charge in [-0.05, 0) is 49.3 Å². The first kappa shape index (κ1) is 14.2. The van der Waals surface area contributed by atoms with Crippen LogP contribution in [0.2, 0.25) is 0 Å². The smallest absolute Gasteiger partial charge is 0.0776 e. The summed E-state index contributed by atoms with van der Waals surface area (Å²) in [5, 5.41) is 2.31. The number of nitrogens with one attached hydrogen (secondary N) is 1. The third kappa shape index (κ3) is 2.59. The third-order valence-electron chi connectivity index (χ3n) is 4.94. The minimum atomic E-state index is 0.284. The number of nitrogens with zero attached hydrogens (tertiary/aromatic N) is 1. The minimum absolute atomic E-state index is 0.284. The largest absolute Gasteiger partial charge is 0.302 e. The van der Waals surface area contributed by atoms with Gasteiger partial charge in [0.15, 0.2) is 0 Å². The second kappa shape index (κ2) is 5.25. The Morgan fingerprint density at radius 1 is 1.24 bits per heavy atom. The van der Waals surface area contributed by atoms with Crippen LogP contribution in [0.1, 0.15) is 46.5 Å². The van der Waals surface area contributed by atoms with Crippen LogP contribution in [0.4, 0.5) is 5.69 Å². The summed E-state index contributed by atoms with van der Waals surface area (Å²) < 4.78 is 0. The van der Waals surface area contributed by atoms with Gasteiger partial charge in [-0.1, -0.05) is 44.2 Å². The molecule has 1 aliphatic heterocycles. The van der Waals surface area contributed by atoms with Crippen LogP contribution in [-0.2, 0) is 0 Å². The Balaban J connectivity index is 2.01. The molecule has 0 radical (unpaired) electrons. The summed E-state index contributed by atoms with van der Waals surface area (Å²) in [5.41, 5.74) is 9.30. The van der Waals surface area contributed by atoms with E-state index in [1.165, 1.54) is 24.9 Å². The van der Waals surface area contributed by atoms with E-state index in [-0.39, 0.29) is 5.41 Å². The van der Waals surface area contributed by atoms with E-state index in [0.29, 0.717) is 6.04 Å². The van der Waals surface area contributed by atoms with Gasteiger partial charge in [-0.25, -0.2) is 0 Å². The predicted octanol–water partition coefficient (Wildman–Crippen LogP) is 4.81. The summed E-state index contributed by atoms with van der Waals surface area (Å²) in [4.78, 5) is 0. The van der Waals surface area contributed by atoms with E-state index in [2.05, 4.69) is 68.1 Å². The highest BCUT2D eigenvalue weighted by atomic mass is 15.5. The molecule has 2 nitrogen and oxygen atoms in total. The third-order valence-corrected chi connectivity index (χ3v) is 4.94. The number of hydrogen-bond donors (Lipinski definition) is 1. The molecule has 1 aromatic carbocycles. The SMILES string of the molecule is C=C1CC(C2=C(C)CCCC2(C)C)N(c2ccccc2)N1. The lowest BCUT2D eigenvalue weighted by Gasteiger charge is -2.40. The Bertz CT molecular complexity index is 568. The van der Waals surface area contributed by atoms with Crippen molar-refractivity contribution in [3.63, 3.8) is 0 Å². The molecule has 1 aliphatic carbocycles. The predicted molar refractivity (Wildman–Crippen MR) is 89.9 cm³/mol. The lowest BCUT2D eigenvalue weighted by atomic mass is 9.69. The van der Waals surface area contributed by atoms with Gasteiger partial charge < -0.3 is 5.43 Å². The van der Waals surface area contributed by atoms with Crippen LogP contribution in [0.15, 0.2) is 53.8 Å². The maximum Gasteiger partial charge on any atom is 0.0776 e. The van der Waals surface area contributed by atoms with Crippen molar-refractivity contribution >= 4 is 5.69 Å². The van der Waals surface area contributed by atoms with Crippen LogP contribution in [0.3, 0.4) is 0 Å². The zero-order valence-electron chi connectivity index (χ0n) is 13.4. The molecule has 0 amide bonds. The molecule has 0 aromatic heterocycles. The molecule has 1 N–H and O–H groups in total. The molecule has 0 saturated carbocycles. The number of benzene rings is 1. The van der Waals surface area contributed by atoms with Crippen molar-refractivity contribution in [2.75, 3.05) is 5.01 Å². The second-order valence-electron chi connectivity index (χ2n) is 7.07. The fourth-order valence-corrected chi connectivity index (χ4v) is 4.06. The van der Waals surface area contributed by atoms with Gasteiger partial charge in [-0.3, -0.25) is 5.01 Å². The summed E-state index contributed by atoms with van der Waals surface area (Å²) in [5.74, 6) is 0. The summed E-state index contributed by atoms with van der Waals surface area (Å²) in [6.07, 6.45) is 4.84. The molecule has 112 valence electrons. The van der Waals surface area contributed by atoms with Crippen molar-refractivity contribution in [3.05, 3.63) is 53.8 Å². The maximum atomic E-state index is 4.17. The highest BCUT2D eigenvalue weighted by Gasteiger charge is 2.39. The lowest BCUT2D eigenvalue weighted by molar-refractivity contribution is 0.342. The van der Waals surface area contributed by atoms with Gasteiger partial charge >= 0.3 is 0 Å². The van der Waals surface area contributed by atoms with Crippen molar-refractivity contribution in [3.8, 4) is 0 Å². The Morgan fingerprint density at radius 3 is 2.62 bits per heavy atom. The monoisotopic (exact) mass is 282 g/mol. The molecule has 2 heteroatoms. The molecule has 3 rings (SSSR count). The van der Waals surface area contributed by atoms with Gasteiger partial charge in [0.05, 0.1) is 11.7 Å². The topological polar surface area (TPSA) is 15.3 Å². The minimum Gasteiger partial charge on any atom is -0.302 e. The van der Waals surface area contributed by atoms with Crippen molar-refractivity contribution in [1.29, 1.82) is 0 Å². The van der Waals surface area contributed by atoms with Gasteiger partial charge in [0.1, 0.15) is 0 Å². The van der Waals surface area contributed by atoms with Crippen LogP contribution >= 0.6 is 0 Å². The van der Waals surface area contributed by atoms with Gasteiger partial charge in [0.2, 0.25) is 0 Å². The highest BCUT2D eigenvalue weighted by molar-refractivity contribution is 5.52. The molecule has 21 heavy (non-hydrogen) atoms. The van der Waals surface area contributed by atoms with Gasteiger partial charge in [-0.15, -0.1) is 0 Å². The van der Waals surface area contributed by atoms with Crippen LogP contribution in [-0.4, -0.2) is 6.04 Å². The number of hydrazine groups is 1. The molecule has 1 heterocycles. The Labute approximate surface area is 128 Å². The highest BCUT2D eigenvalue weighted by Crippen LogP contribution is 2.45. The van der Waals surface area contributed by atoms with E-state index >= 15 is 0 Å². The van der Waals surface area contributed by atoms with Crippen molar-refractivity contribution in [2.24, 2.45) is 5.41 Å². The zero-order chi connectivity index (χ0) is 15.0. The first-order chi connectivity index (χ1) is 9.99. The van der Waals surface area contributed by atoms with Crippen LogP contribution in [0.5, 0.6) is 0 Å². The van der Waals surface area contributed by atoms with E-state index < -0.39 is 0 Å². The number of hydrogen-bond acceptors (Lipinski definition) is 2. The lowest BCUT2D eigenvalue weighted by Crippen LogP contribution is -2.42. The summed E-state index contributed by atoms with van der Waals surface area (Å²) in [7, 11) is 0. The molecule has 1 aromatic rings. The zero-order valence-corrected chi connectivity index (χ0v) is 13.4. The van der Waals surface area contributed by atoms with Crippen molar-refractivity contribution < 1.29 is 0 Å². The average molecular weight is 282 g/mol. The van der Waals surface area contributed by atoms with Crippen molar-refractivity contribution in [1.82, 2.24) is 5.43 Å². The molecular weight excluding hydrogens is 256 g/mol. The quantitative estimate of drug-likeness (QED) is 0.783. The molecule has 1 saturated heterocycles. The Hall–Kier alpha value is -1.70. The first-order valence-corrected chi connectivity index (χ1v) is 7.98. The molecule has 1 atom stereocenters. The van der Waals surface area contributed by atoms with Crippen LogP contribution < -0.4 is 10.4 Å². The van der Waals surface area contributed by atoms with E-state index in [1.807, 2.05) is 0 Å². The second-order valence-corrected chi connectivity index (χ2v) is 7.07. The molecule has 1 unspecified atom stereocenters. The maximum absolute atomic E-state index is 4.17. The molecular formula is C19H26N2. The van der Waals surface area contributed by atoms with Gasteiger partial charge in [-0.2, -0.15) is 0 Å². The molecule has 2 aliphatic rings. The Kier molecular flexibility index (Phi) is 3.56. The number of para-hydroxylation sites is 1. The standard InChI is InChI=1S/C19H26N2/c1-14-9-8-12-19(3,4)18(14)17-13-15(2)20-21(17)16-10-6-5-7-11-16/h5-7,10-11,17,20H,2,8-9,12-13H2,1,3-4H3. The normalized spacial score (nSPS) is 25.2. The van der Waals surface area contributed by atoms with Crippen molar-refractivity contribution in [2.45, 2.75) is 52.5 Å². The summed E-state index contributed by atoms with van der Waals surface area (Å²) >= 11 is 0. The number of allylic oxidation sites excluding steroid dienone is 1. The van der Waals surface area contributed by atoms with Gasteiger partial charge in [0, 0.05) is 12.1 Å². The fraction of sp³-hybridized carbons (Fsp3) is 0.474.